The first-order valence-electron chi connectivity index (χ1n) is 10.4. The number of carbonyl (C=O) groups excluding carboxylic acids is 2. The topological polar surface area (TPSA) is 89.5 Å². The molecule has 7 nitrogen and oxygen atoms in total. The summed E-state index contributed by atoms with van der Waals surface area (Å²) < 4.78 is 13.7. The third-order valence-corrected chi connectivity index (χ3v) is 5.49. The normalized spacial score (nSPS) is 16.5. The van der Waals surface area contributed by atoms with Crippen molar-refractivity contribution < 1.29 is 19.1 Å². The van der Waals surface area contributed by atoms with Crippen LogP contribution in [0.15, 0.2) is 53.8 Å². The molecule has 1 aromatic heterocycles. The second-order valence-electron chi connectivity index (χ2n) is 8.57. The standard InChI is InChI=1S/C24H25FN4O3/c1-13(2)11-19(30)20-21(14-5-8-16(9-6-14)28(3)4)29(23(32)22(20)31)24-26-17-10-7-15(25)12-18(17)27-24/h5-10,12-13,21,31H,11H2,1-4H3,(H,26,27). The van der Waals surface area contributed by atoms with Crippen LogP contribution in [0.1, 0.15) is 31.9 Å². The number of benzene rings is 2. The van der Waals surface area contributed by atoms with E-state index in [2.05, 4.69) is 9.97 Å². The van der Waals surface area contributed by atoms with Crippen LogP contribution in [0, 0.1) is 11.7 Å². The van der Waals surface area contributed by atoms with E-state index in [9.17, 15) is 19.1 Å². The number of aliphatic hydroxyl groups is 1. The molecule has 2 N–H and O–H groups in total. The number of hydrogen-bond acceptors (Lipinski definition) is 5. The first-order valence-corrected chi connectivity index (χ1v) is 10.4. The monoisotopic (exact) mass is 436 g/mol. The van der Waals surface area contributed by atoms with Gasteiger partial charge < -0.3 is 15.0 Å². The molecule has 0 saturated heterocycles. The van der Waals surface area contributed by atoms with E-state index in [0.717, 1.165) is 5.69 Å². The maximum Gasteiger partial charge on any atom is 0.296 e. The smallest absolute Gasteiger partial charge is 0.296 e. The average Bonchev–Trinajstić information content (AvgIpc) is 3.25. The molecular weight excluding hydrogens is 411 g/mol. The van der Waals surface area contributed by atoms with Crippen LogP contribution in [0.3, 0.4) is 0 Å². The Labute approximate surface area is 185 Å². The lowest BCUT2D eigenvalue weighted by Gasteiger charge is -2.25. The Hall–Kier alpha value is -3.68. The molecule has 1 aliphatic rings. The molecule has 3 aromatic rings. The second kappa shape index (κ2) is 8.11. The molecule has 0 aliphatic carbocycles. The SMILES string of the molecule is CC(C)CC(=O)C1=C(O)C(=O)N(c2nc3ccc(F)cc3[nH]2)C1c1ccc(N(C)C)cc1. The third kappa shape index (κ3) is 3.72. The van der Waals surface area contributed by atoms with Crippen molar-refractivity contribution in [1.29, 1.82) is 0 Å². The minimum atomic E-state index is -0.852. The molecule has 0 fully saturated rings. The predicted molar refractivity (Wildman–Crippen MR) is 121 cm³/mol. The van der Waals surface area contributed by atoms with E-state index in [1.54, 1.807) is 0 Å². The van der Waals surface area contributed by atoms with Crippen molar-refractivity contribution in [3.05, 3.63) is 65.2 Å². The molecular formula is C24H25FN4O3. The lowest BCUT2D eigenvalue weighted by molar-refractivity contribution is -0.118. The number of fused-ring (bicyclic) bond motifs is 1. The maximum atomic E-state index is 13.7. The summed E-state index contributed by atoms with van der Waals surface area (Å²) in [6, 6.07) is 10.6. The van der Waals surface area contributed by atoms with E-state index in [-0.39, 0.29) is 29.6 Å². The highest BCUT2D eigenvalue weighted by Gasteiger charge is 2.45. The van der Waals surface area contributed by atoms with Gasteiger partial charge in [-0.15, -0.1) is 0 Å². The van der Waals surface area contributed by atoms with E-state index in [4.69, 9.17) is 0 Å². The van der Waals surface area contributed by atoms with Crippen LogP contribution < -0.4 is 9.80 Å². The Morgan fingerprint density at radius 2 is 1.91 bits per heavy atom. The molecule has 2 aromatic carbocycles. The highest BCUT2D eigenvalue weighted by atomic mass is 19.1. The van der Waals surface area contributed by atoms with Crippen molar-refractivity contribution in [3.63, 3.8) is 0 Å². The fourth-order valence-electron chi connectivity index (χ4n) is 3.94. The maximum absolute atomic E-state index is 13.7. The number of amides is 1. The summed E-state index contributed by atoms with van der Waals surface area (Å²) in [7, 11) is 3.83. The minimum absolute atomic E-state index is 0.0490. The van der Waals surface area contributed by atoms with Gasteiger partial charge in [-0.25, -0.2) is 9.37 Å². The number of halogens is 1. The third-order valence-electron chi connectivity index (χ3n) is 5.49. The molecule has 0 radical (unpaired) electrons. The molecule has 0 spiro atoms. The van der Waals surface area contributed by atoms with Gasteiger partial charge in [0.1, 0.15) is 5.82 Å². The zero-order valence-electron chi connectivity index (χ0n) is 18.4. The fraction of sp³-hybridized carbons (Fsp3) is 0.292. The van der Waals surface area contributed by atoms with Crippen molar-refractivity contribution in [1.82, 2.24) is 9.97 Å². The molecule has 166 valence electrons. The number of ketones is 1. The zero-order valence-corrected chi connectivity index (χ0v) is 18.4. The molecule has 1 unspecified atom stereocenters. The number of aromatic amines is 1. The highest BCUT2D eigenvalue weighted by Crippen LogP contribution is 2.41. The molecule has 0 saturated carbocycles. The van der Waals surface area contributed by atoms with Crippen LogP contribution >= 0.6 is 0 Å². The van der Waals surface area contributed by atoms with Crippen LogP contribution in [0.25, 0.3) is 11.0 Å². The van der Waals surface area contributed by atoms with Crippen LogP contribution in [0.5, 0.6) is 0 Å². The lowest BCUT2D eigenvalue weighted by Crippen LogP contribution is -2.32. The Balaban J connectivity index is 1.85. The molecule has 0 bridgehead atoms. The number of Topliss-reactive ketones (excluding diaryl/α,β-unsaturated/α-hetero) is 1. The average molecular weight is 436 g/mol. The van der Waals surface area contributed by atoms with E-state index >= 15 is 0 Å². The predicted octanol–water partition coefficient (Wildman–Crippen LogP) is 4.28. The van der Waals surface area contributed by atoms with Crippen LogP contribution in [0.2, 0.25) is 0 Å². The van der Waals surface area contributed by atoms with Gasteiger partial charge in [0.2, 0.25) is 5.95 Å². The summed E-state index contributed by atoms with van der Waals surface area (Å²) in [6.45, 7) is 3.80. The summed E-state index contributed by atoms with van der Waals surface area (Å²) in [5.41, 5.74) is 2.54. The molecule has 1 aliphatic heterocycles. The first-order chi connectivity index (χ1) is 15.2. The van der Waals surface area contributed by atoms with Gasteiger partial charge in [0, 0.05) is 26.2 Å². The van der Waals surface area contributed by atoms with Crippen molar-refractivity contribution in [2.45, 2.75) is 26.3 Å². The van der Waals surface area contributed by atoms with Gasteiger partial charge in [0.25, 0.3) is 5.91 Å². The number of nitrogens with one attached hydrogen (secondary N) is 1. The number of rotatable bonds is 6. The molecule has 8 heteroatoms. The van der Waals surface area contributed by atoms with Crippen molar-refractivity contribution >= 4 is 34.4 Å². The van der Waals surface area contributed by atoms with Crippen molar-refractivity contribution in [3.8, 4) is 0 Å². The molecule has 2 heterocycles. The minimum Gasteiger partial charge on any atom is -0.503 e. The van der Waals surface area contributed by atoms with Gasteiger partial charge >= 0.3 is 0 Å². The quantitative estimate of drug-likeness (QED) is 0.602. The first kappa shape index (κ1) is 21.5. The van der Waals surface area contributed by atoms with Gasteiger partial charge in [0.15, 0.2) is 11.5 Å². The summed E-state index contributed by atoms with van der Waals surface area (Å²) in [5.74, 6) is -1.85. The van der Waals surface area contributed by atoms with E-state index < -0.39 is 23.5 Å². The number of carbonyl (C=O) groups is 2. The van der Waals surface area contributed by atoms with Crippen LogP contribution in [-0.2, 0) is 9.59 Å². The highest BCUT2D eigenvalue weighted by molar-refractivity contribution is 6.16. The number of nitrogens with zero attached hydrogens (tertiary/aromatic N) is 3. The summed E-state index contributed by atoms with van der Waals surface area (Å²) in [4.78, 5) is 36.8. The molecule has 4 rings (SSSR count). The molecule has 1 amide bonds. The summed E-state index contributed by atoms with van der Waals surface area (Å²) in [5, 5.41) is 10.7. The Kier molecular flexibility index (Phi) is 5.46. The van der Waals surface area contributed by atoms with Gasteiger partial charge in [-0.05, 0) is 41.8 Å². The van der Waals surface area contributed by atoms with Gasteiger partial charge in [-0.1, -0.05) is 26.0 Å². The van der Waals surface area contributed by atoms with Crippen molar-refractivity contribution in [2.24, 2.45) is 5.92 Å². The van der Waals surface area contributed by atoms with Crippen LogP contribution in [0.4, 0.5) is 16.0 Å². The summed E-state index contributed by atoms with van der Waals surface area (Å²) >= 11 is 0. The Morgan fingerprint density at radius 3 is 2.53 bits per heavy atom. The van der Waals surface area contributed by atoms with Gasteiger partial charge in [-0.3, -0.25) is 14.5 Å². The Bertz CT molecular complexity index is 1230. The number of aliphatic hydroxyl groups excluding tert-OH is 1. The number of anilines is 2. The lowest BCUT2D eigenvalue weighted by atomic mass is 9.92. The summed E-state index contributed by atoms with van der Waals surface area (Å²) in [6.07, 6.45) is 0.193. The van der Waals surface area contributed by atoms with E-state index in [1.807, 2.05) is 57.1 Å². The van der Waals surface area contributed by atoms with Crippen molar-refractivity contribution in [2.75, 3.05) is 23.9 Å². The van der Waals surface area contributed by atoms with Gasteiger partial charge in [-0.2, -0.15) is 0 Å². The number of hydrogen-bond donors (Lipinski definition) is 2. The fourth-order valence-corrected chi connectivity index (χ4v) is 3.94. The van der Waals surface area contributed by atoms with Gasteiger partial charge in [0.05, 0.1) is 22.6 Å². The number of H-pyrrole nitrogens is 1. The number of aromatic nitrogens is 2. The zero-order chi connectivity index (χ0) is 23.2. The number of imidazole rings is 1. The molecule has 1 atom stereocenters. The molecule has 32 heavy (non-hydrogen) atoms. The van der Waals surface area contributed by atoms with E-state index in [1.165, 1.54) is 23.1 Å². The van der Waals surface area contributed by atoms with E-state index in [0.29, 0.717) is 16.6 Å². The Morgan fingerprint density at radius 1 is 1.22 bits per heavy atom. The second-order valence-corrected chi connectivity index (χ2v) is 8.57. The largest absolute Gasteiger partial charge is 0.503 e. The van der Waals surface area contributed by atoms with Crippen LogP contribution in [-0.4, -0.2) is 40.9 Å².